The number of halogens is 2. The van der Waals surface area contributed by atoms with Gasteiger partial charge in [-0.2, -0.15) is 5.26 Å². The summed E-state index contributed by atoms with van der Waals surface area (Å²) < 4.78 is 28.7. The number of carbonyl (C=O) groups excluding carboxylic acids is 3. The van der Waals surface area contributed by atoms with Gasteiger partial charge < -0.3 is 59.4 Å². The summed E-state index contributed by atoms with van der Waals surface area (Å²) >= 11 is 14.3. The maximum absolute atomic E-state index is 14.0. The Morgan fingerprint density at radius 2 is 1.56 bits per heavy atom. The second kappa shape index (κ2) is 28.9. The lowest BCUT2D eigenvalue weighted by molar-refractivity contribution is -0.144. The number of carbonyl (C=O) groups is 3. The van der Waals surface area contributed by atoms with Crippen molar-refractivity contribution in [3.63, 3.8) is 0 Å². The van der Waals surface area contributed by atoms with Gasteiger partial charge in [0.2, 0.25) is 17.7 Å². The molecule has 3 atom stereocenters. The molecule has 21 heteroatoms. The van der Waals surface area contributed by atoms with Gasteiger partial charge >= 0.3 is 0 Å². The Labute approximate surface area is 471 Å². The number of unbranched alkanes of at least 4 members (excludes halogenated alkanes) is 3. The highest BCUT2D eigenvalue weighted by Gasteiger charge is 2.44. The normalized spacial score (nSPS) is 16.4. The second-order valence-electron chi connectivity index (χ2n) is 20.7. The van der Waals surface area contributed by atoms with E-state index in [1.807, 2.05) is 69.6 Å². The number of hydrogen-bond acceptors (Lipinski definition) is 16. The quantitative estimate of drug-likeness (QED) is 0.0364. The van der Waals surface area contributed by atoms with E-state index in [1.54, 1.807) is 30.6 Å². The number of rotatable bonds is 27. The van der Waals surface area contributed by atoms with Crippen molar-refractivity contribution in [2.24, 2.45) is 5.41 Å². The lowest BCUT2D eigenvalue weighted by Gasteiger charge is -2.35. The number of nitriles is 1. The molecule has 420 valence electrons. The third-order valence-corrected chi connectivity index (χ3v) is 15.5. The average molecular weight is 1130 g/mol. The SMILES string of the molecule is COc1cc(Nc2c(C#N)cnc3cc(OCCCN4CCN(CCCCCCOCCOCC(=O)NC(C(=O)N5C[C@H](O)CC5C(=O)NCc5ccc(-c6scnc6C)cc5)C(C)(C)C)CC4)c(OC)cc23)c(Cl)cc1Cl. The monoisotopic (exact) mass is 1130 g/mol. The van der Waals surface area contributed by atoms with Gasteiger partial charge in [0.25, 0.3) is 0 Å². The first-order valence-corrected chi connectivity index (χ1v) is 28.2. The van der Waals surface area contributed by atoms with E-state index in [-0.39, 0.29) is 38.6 Å². The molecule has 2 aliphatic heterocycles. The van der Waals surface area contributed by atoms with Crippen molar-refractivity contribution >= 4 is 74.5 Å². The molecule has 4 N–H and O–H groups in total. The zero-order valence-corrected chi connectivity index (χ0v) is 47.8. The van der Waals surface area contributed by atoms with E-state index >= 15 is 0 Å². The third-order valence-electron chi connectivity index (χ3n) is 13.9. The third kappa shape index (κ3) is 16.4. The molecule has 2 fully saturated rings. The Bertz CT molecular complexity index is 2850. The zero-order valence-electron chi connectivity index (χ0n) is 45.5. The van der Waals surface area contributed by atoms with Crippen LogP contribution in [0.4, 0.5) is 11.4 Å². The number of anilines is 2. The van der Waals surface area contributed by atoms with Crippen LogP contribution < -0.4 is 30.2 Å². The Kier molecular flexibility index (Phi) is 22.2. The number of aliphatic hydroxyl groups excluding tert-OH is 1. The molecule has 3 aromatic carbocycles. The van der Waals surface area contributed by atoms with Gasteiger partial charge in [0.1, 0.15) is 30.5 Å². The van der Waals surface area contributed by atoms with Crippen LogP contribution in [0.1, 0.15) is 76.1 Å². The van der Waals surface area contributed by atoms with Gasteiger partial charge in [-0.1, -0.05) is 81.1 Å². The molecule has 2 saturated heterocycles. The van der Waals surface area contributed by atoms with E-state index < -0.39 is 35.4 Å². The minimum absolute atomic E-state index is 0.00394. The number of hydrogen-bond donors (Lipinski definition) is 4. The van der Waals surface area contributed by atoms with Crippen LogP contribution in [0, 0.1) is 23.7 Å². The van der Waals surface area contributed by atoms with Crippen molar-refractivity contribution in [1.29, 1.82) is 5.26 Å². The molecule has 0 radical (unpaired) electrons. The highest BCUT2D eigenvalue weighted by molar-refractivity contribution is 7.13. The highest BCUT2D eigenvalue weighted by Crippen LogP contribution is 2.41. The van der Waals surface area contributed by atoms with Crippen LogP contribution >= 0.6 is 34.5 Å². The standard InChI is InChI=1S/C57H73Cl2N9O9S/c1-37-53(78-36-63-37)39-14-12-38(13-15-39)32-62-55(71)47-26-41(69)34-68(47)56(72)54(57(2,3)4)65-51(70)35-76-25-24-75-22-10-8-7-9-16-66-18-20-67(21-19-66)17-11-23-77-50-29-45-42(27-49(50)74-6)52(40(31-60)33-61-45)64-46-30-48(73-5)44(59)28-43(46)58/h12-15,27-30,33,36,41,47,54,69H,7-11,16-26,32,34-35H2,1-6H3,(H,61,64)(H,62,71)(H,65,70)/t41-,47?,54?/m1/s1. The Morgan fingerprint density at radius 1 is 0.859 bits per heavy atom. The van der Waals surface area contributed by atoms with Gasteiger partial charge in [-0.3, -0.25) is 19.4 Å². The maximum atomic E-state index is 14.0. The smallest absolute Gasteiger partial charge is 0.246 e. The molecule has 0 saturated carbocycles. The summed E-state index contributed by atoms with van der Waals surface area (Å²) in [6, 6.07) is 15.2. The molecule has 2 aromatic heterocycles. The number of nitrogens with zero attached hydrogens (tertiary/aromatic N) is 6. The number of β-amino-alcohol motifs (C(OH)–C–C–N with tert-alkyl or cyclic N) is 1. The van der Waals surface area contributed by atoms with Crippen molar-refractivity contribution < 1.29 is 43.2 Å². The van der Waals surface area contributed by atoms with Gasteiger partial charge in [-0.25, -0.2) is 4.98 Å². The predicted octanol–water partition coefficient (Wildman–Crippen LogP) is 8.40. The molecular weight excluding hydrogens is 1060 g/mol. The average Bonchev–Trinajstić information content (AvgIpc) is 4.11. The topological polar surface area (TPSA) is 213 Å². The fraction of sp³-hybridized carbons (Fsp3) is 0.509. The Hall–Kier alpha value is -5.82. The molecular formula is C57H73Cl2N9O9S. The fourth-order valence-electron chi connectivity index (χ4n) is 9.58. The van der Waals surface area contributed by atoms with Gasteiger partial charge in [0.05, 0.1) is 88.7 Å². The minimum Gasteiger partial charge on any atom is -0.495 e. The molecule has 78 heavy (non-hydrogen) atoms. The van der Waals surface area contributed by atoms with Gasteiger partial charge in [0, 0.05) is 82.6 Å². The lowest BCUT2D eigenvalue weighted by atomic mass is 9.85. The molecule has 4 heterocycles. The summed E-state index contributed by atoms with van der Waals surface area (Å²) in [5, 5.41) is 31.0. The molecule has 0 spiro atoms. The zero-order chi connectivity index (χ0) is 55.8. The van der Waals surface area contributed by atoms with Crippen LogP contribution in [0.3, 0.4) is 0 Å². The minimum atomic E-state index is -0.944. The largest absolute Gasteiger partial charge is 0.495 e. The summed E-state index contributed by atoms with van der Waals surface area (Å²) in [6.07, 6.45) is 5.85. The van der Waals surface area contributed by atoms with Crippen molar-refractivity contribution in [1.82, 2.24) is 35.3 Å². The van der Waals surface area contributed by atoms with Gasteiger partial charge in [0.15, 0.2) is 11.5 Å². The van der Waals surface area contributed by atoms with Crippen LogP contribution in [0.25, 0.3) is 21.3 Å². The Balaban J connectivity index is 0.725. The van der Waals surface area contributed by atoms with E-state index in [2.05, 4.69) is 41.8 Å². The summed E-state index contributed by atoms with van der Waals surface area (Å²) in [4.78, 5) is 56.8. The number of thiazole rings is 1. The van der Waals surface area contributed by atoms with Crippen molar-refractivity contribution in [3.8, 4) is 33.8 Å². The number of aryl methyl sites for hydroxylation is 1. The number of aromatic nitrogens is 2. The van der Waals surface area contributed by atoms with E-state index in [1.165, 1.54) is 18.2 Å². The molecule has 2 unspecified atom stereocenters. The number of methoxy groups -OCH3 is 2. The molecule has 0 aliphatic carbocycles. The van der Waals surface area contributed by atoms with E-state index in [0.717, 1.165) is 93.1 Å². The molecule has 5 aromatic rings. The van der Waals surface area contributed by atoms with Crippen LogP contribution in [0.15, 0.2) is 60.2 Å². The molecule has 0 bridgehead atoms. The summed E-state index contributed by atoms with van der Waals surface area (Å²) in [5.74, 6) is 0.302. The molecule has 18 nitrogen and oxygen atoms in total. The number of benzene rings is 3. The summed E-state index contributed by atoms with van der Waals surface area (Å²) in [7, 11) is 3.10. The van der Waals surface area contributed by atoms with E-state index in [9.17, 15) is 24.8 Å². The predicted molar refractivity (Wildman–Crippen MR) is 304 cm³/mol. The lowest BCUT2D eigenvalue weighted by Crippen LogP contribution is -2.58. The van der Waals surface area contributed by atoms with Crippen LogP contribution in [-0.4, -0.2) is 159 Å². The fourth-order valence-corrected chi connectivity index (χ4v) is 10.9. The molecule has 7 rings (SSSR count). The highest BCUT2D eigenvalue weighted by atomic mass is 35.5. The summed E-state index contributed by atoms with van der Waals surface area (Å²) in [5.41, 5.74) is 6.05. The van der Waals surface area contributed by atoms with E-state index in [0.29, 0.717) is 75.0 Å². The number of nitrogens with one attached hydrogen (secondary N) is 3. The first kappa shape index (κ1) is 59.8. The molecule has 2 aliphatic rings. The maximum Gasteiger partial charge on any atom is 0.246 e. The van der Waals surface area contributed by atoms with Crippen molar-refractivity contribution in [2.75, 3.05) is 98.4 Å². The molecule has 3 amide bonds. The van der Waals surface area contributed by atoms with Crippen LogP contribution in [0.5, 0.6) is 17.2 Å². The first-order chi connectivity index (χ1) is 37.6. The first-order valence-electron chi connectivity index (χ1n) is 26.6. The number of fused-ring (bicyclic) bond motifs is 1. The van der Waals surface area contributed by atoms with Crippen molar-refractivity contribution in [3.05, 3.63) is 87.1 Å². The van der Waals surface area contributed by atoms with Crippen molar-refractivity contribution in [2.45, 2.75) is 91.0 Å². The number of likely N-dealkylation sites (tertiary alicyclic amines) is 1. The number of ether oxygens (including phenoxy) is 5. The number of pyridine rings is 1. The number of amides is 3. The second-order valence-corrected chi connectivity index (χ2v) is 22.3. The number of aliphatic hydroxyl groups is 1. The van der Waals surface area contributed by atoms with Crippen LogP contribution in [0.2, 0.25) is 10.0 Å². The van der Waals surface area contributed by atoms with E-state index in [4.69, 9.17) is 46.9 Å². The number of piperazine rings is 1. The van der Waals surface area contributed by atoms with Crippen LogP contribution in [-0.2, 0) is 30.4 Å². The Morgan fingerprint density at radius 3 is 2.24 bits per heavy atom. The summed E-state index contributed by atoms with van der Waals surface area (Å²) in [6.45, 7) is 15.3. The van der Waals surface area contributed by atoms with Gasteiger partial charge in [-0.05, 0) is 61.4 Å². The van der Waals surface area contributed by atoms with Gasteiger partial charge in [-0.15, -0.1) is 11.3 Å².